The molecule has 0 fully saturated rings. The van der Waals surface area contributed by atoms with Gasteiger partial charge in [0.2, 0.25) is 11.7 Å². The third kappa shape index (κ3) is 4.57. The molecule has 0 saturated heterocycles. The van der Waals surface area contributed by atoms with E-state index in [-0.39, 0.29) is 18.3 Å². The summed E-state index contributed by atoms with van der Waals surface area (Å²) in [6.45, 7) is 7.56. The molecule has 0 bridgehead atoms. The zero-order chi connectivity index (χ0) is 20.8. The van der Waals surface area contributed by atoms with Crippen LogP contribution in [-0.4, -0.2) is 47.3 Å². The van der Waals surface area contributed by atoms with Crippen LogP contribution in [0.3, 0.4) is 0 Å². The van der Waals surface area contributed by atoms with E-state index in [9.17, 15) is 4.79 Å². The molecule has 0 amide bonds. The maximum absolute atomic E-state index is 12.6. The van der Waals surface area contributed by atoms with Crippen LogP contribution in [0, 0.1) is 0 Å². The Balaban J connectivity index is 2.01. The number of hydrogen-bond acceptors (Lipinski definition) is 6. The molecule has 7 heteroatoms. The van der Waals surface area contributed by atoms with E-state index < -0.39 is 0 Å². The van der Waals surface area contributed by atoms with Gasteiger partial charge < -0.3 is 14.2 Å². The monoisotopic (exact) mass is 399 g/mol. The molecule has 3 aromatic rings. The van der Waals surface area contributed by atoms with Crippen LogP contribution >= 0.6 is 0 Å². The zero-order valence-corrected chi connectivity index (χ0v) is 17.6. The number of aromatic nitrogens is 3. The molecule has 2 heterocycles. The fourth-order valence-electron chi connectivity index (χ4n) is 3.31. The van der Waals surface area contributed by atoms with E-state index in [1.54, 1.807) is 7.11 Å². The van der Waals surface area contributed by atoms with Crippen molar-refractivity contribution in [1.29, 1.82) is 0 Å². The fourth-order valence-corrected chi connectivity index (χ4v) is 3.31. The number of para-hydroxylation sites is 2. The van der Waals surface area contributed by atoms with Crippen LogP contribution in [-0.2, 0) is 20.7 Å². The summed E-state index contributed by atoms with van der Waals surface area (Å²) >= 11 is 0. The number of carbonyl (C=O) groups is 1. The summed E-state index contributed by atoms with van der Waals surface area (Å²) < 4.78 is 18.1. The molecule has 0 saturated carbocycles. The van der Waals surface area contributed by atoms with Crippen molar-refractivity contribution in [1.82, 2.24) is 14.4 Å². The molecule has 7 nitrogen and oxygen atoms in total. The van der Waals surface area contributed by atoms with Crippen LogP contribution < -0.4 is 4.74 Å². The van der Waals surface area contributed by atoms with Crippen molar-refractivity contribution in [3.8, 4) is 5.88 Å². The highest BCUT2D eigenvalue weighted by Crippen LogP contribution is 2.32. The summed E-state index contributed by atoms with van der Waals surface area (Å²) in [5, 5.41) is 0. The van der Waals surface area contributed by atoms with Crippen molar-refractivity contribution in [2.45, 2.75) is 46.0 Å². The van der Waals surface area contributed by atoms with Crippen LogP contribution in [0.15, 0.2) is 24.3 Å². The summed E-state index contributed by atoms with van der Waals surface area (Å²) in [4.78, 5) is 22.1. The molecular formula is C22H29N3O4. The Kier molecular flexibility index (Phi) is 7.17. The van der Waals surface area contributed by atoms with E-state index in [1.807, 2.05) is 28.7 Å². The molecule has 1 atom stereocenters. The SMILES string of the molecule is CCc1c(C(C)CC)nc2nc3ccccc3n2c1OC(=O)CCOCCOC. The second-order valence-corrected chi connectivity index (χ2v) is 7.01. The third-order valence-electron chi connectivity index (χ3n) is 5.06. The van der Waals surface area contributed by atoms with Gasteiger partial charge >= 0.3 is 5.97 Å². The Morgan fingerprint density at radius 1 is 1.14 bits per heavy atom. The van der Waals surface area contributed by atoms with Gasteiger partial charge in [-0.1, -0.05) is 32.9 Å². The Labute approximate surface area is 171 Å². The van der Waals surface area contributed by atoms with Crippen LogP contribution in [0.5, 0.6) is 5.88 Å². The molecule has 1 aromatic carbocycles. The van der Waals surface area contributed by atoms with Gasteiger partial charge in [-0.05, 0) is 30.9 Å². The summed E-state index contributed by atoms with van der Waals surface area (Å²) in [6, 6.07) is 7.78. The molecule has 1 unspecified atom stereocenters. The van der Waals surface area contributed by atoms with E-state index in [2.05, 4.69) is 25.8 Å². The summed E-state index contributed by atoms with van der Waals surface area (Å²) in [7, 11) is 1.61. The number of imidazole rings is 1. The second kappa shape index (κ2) is 9.80. The lowest BCUT2D eigenvalue weighted by atomic mass is 9.99. The maximum Gasteiger partial charge on any atom is 0.314 e. The van der Waals surface area contributed by atoms with Gasteiger partial charge in [-0.3, -0.25) is 4.79 Å². The fraction of sp³-hybridized carbons (Fsp3) is 0.500. The summed E-state index contributed by atoms with van der Waals surface area (Å²) in [5.41, 5.74) is 3.59. The molecule has 0 aliphatic carbocycles. The molecule has 0 aliphatic rings. The molecule has 29 heavy (non-hydrogen) atoms. The van der Waals surface area contributed by atoms with Gasteiger partial charge in [-0.25, -0.2) is 14.4 Å². The Morgan fingerprint density at radius 3 is 2.66 bits per heavy atom. The summed E-state index contributed by atoms with van der Waals surface area (Å²) in [5.74, 6) is 0.975. The number of esters is 1. The minimum atomic E-state index is -0.336. The van der Waals surface area contributed by atoms with Gasteiger partial charge in [0, 0.05) is 12.7 Å². The minimum Gasteiger partial charge on any atom is -0.408 e. The van der Waals surface area contributed by atoms with Crippen molar-refractivity contribution >= 4 is 22.8 Å². The largest absolute Gasteiger partial charge is 0.408 e. The molecular weight excluding hydrogens is 370 g/mol. The Morgan fingerprint density at radius 2 is 1.93 bits per heavy atom. The van der Waals surface area contributed by atoms with E-state index in [4.69, 9.17) is 19.2 Å². The standard InChI is InChI=1S/C22H29N3O4/c1-5-15(3)20-16(6-2)21(29-19(26)11-12-28-14-13-27-4)25-18-10-8-7-9-17(18)23-22(25)24-20/h7-10,15H,5-6,11-14H2,1-4H3. The molecule has 156 valence electrons. The smallest absolute Gasteiger partial charge is 0.314 e. The number of hydrogen-bond donors (Lipinski definition) is 0. The Hall–Kier alpha value is -2.51. The highest BCUT2D eigenvalue weighted by molar-refractivity contribution is 5.81. The normalized spacial score (nSPS) is 12.6. The number of ether oxygens (including phenoxy) is 3. The lowest BCUT2D eigenvalue weighted by molar-refractivity contribution is -0.136. The minimum absolute atomic E-state index is 0.169. The molecule has 0 N–H and O–H groups in total. The first-order valence-corrected chi connectivity index (χ1v) is 10.2. The van der Waals surface area contributed by atoms with Gasteiger partial charge in [0.05, 0.1) is 43.0 Å². The van der Waals surface area contributed by atoms with Crippen molar-refractivity contribution in [2.24, 2.45) is 0 Å². The van der Waals surface area contributed by atoms with Crippen molar-refractivity contribution in [2.75, 3.05) is 26.9 Å². The summed E-state index contributed by atoms with van der Waals surface area (Å²) in [6.07, 6.45) is 1.82. The van der Waals surface area contributed by atoms with Gasteiger partial charge in [-0.15, -0.1) is 0 Å². The van der Waals surface area contributed by atoms with Crippen molar-refractivity contribution < 1.29 is 19.0 Å². The van der Waals surface area contributed by atoms with Crippen LogP contribution in [0.1, 0.15) is 50.8 Å². The van der Waals surface area contributed by atoms with E-state index >= 15 is 0 Å². The molecule has 2 aromatic heterocycles. The van der Waals surface area contributed by atoms with E-state index in [0.717, 1.165) is 28.7 Å². The van der Waals surface area contributed by atoms with Crippen LogP contribution in [0.2, 0.25) is 0 Å². The van der Waals surface area contributed by atoms with E-state index in [0.29, 0.717) is 37.9 Å². The predicted molar refractivity (Wildman–Crippen MR) is 112 cm³/mol. The maximum atomic E-state index is 12.6. The molecule has 0 aliphatic heterocycles. The lowest BCUT2D eigenvalue weighted by Crippen LogP contribution is -2.17. The zero-order valence-electron chi connectivity index (χ0n) is 17.6. The van der Waals surface area contributed by atoms with Gasteiger partial charge in [0.15, 0.2) is 0 Å². The quantitative estimate of drug-likeness (QED) is 0.380. The first-order chi connectivity index (χ1) is 14.1. The number of fused-ring (bicyclic) bond motifs is 3. The number of benzene rings is 1. The van der Waals surface area contributed by atoms with Gasteiger partial charge in [0.1, 0.15) is 0 Å². The third-order valence-corrected chi connectivity index (χ3v) is 5.06. The molecule has 0 spiro atoms. The Bertz CT molecular complexity index is 983. The average molecular weight is 399 g/mol. The highest BCUT2D eigenvalue weighted by Gasteiger charge is 2.23. The number of methoxy groups -OCH3 is 1. The van der Waals surface area contributed by atoms with Crippen LogP contribution in [0.4, 0.5) is 0 Å². The average Bonchev–Trinajstić information content (AvgIpc) is 3.11. The number of rotatable bonds is 10. The van der Waals surface area contributed by atoms with Gasteiger partial charge in [0.25, 0.3) is 0 Å². The number of carbonyl (C=O) groups excluding carboxylic acids is 1. The first-order valence-electron chi connectivity index (χ1n) is 10.2. The van der Waals surface area contributed by atoms with Gasteiger partial charge in [-0.2, -0.15) is 0 Å². The van der Waals surface area contributed by atoms with Crippen molar-refractivity contribution in [3.05, 3.63) is 35.5 Å². The molecule has 0 radical (unpaired) electrons. The highest BCUT2D eigenvalue weighted by atomic mass is 16.5. The lowest BCUT2D eigenvalue weighted by Gasteiger charge is -2.18. The number of nitrogens with zero attached hydrogens (tertiary/aromatic N) is 3. The first kappa shape index (κ1) is 21.2. The topological polar surface area (TPSA) is 75.0 Å². The predicted octanol–water partition coefficient (Wildman–Crippen LogP) is 3.92. The van der Waals surface area contributed by atoms with Crippen LogP contribution in [0.25, 0.3) is 16.8 Å². The van der Waals surface area contributed by atoms with E-state index in [1.165, 1.54) is 0 Å². The molecule has 3 rings (SSSR count). The second-order valence-electron chi connectivity index (χ2n) is 7.01. The van der Waals surface area contributed by atoms with Crippen molar-refractivity contribution in [3.63, 3.8) is 0 Å².